The highest BCUT2D eigenvalue weighted by Gasteiger charge is 2.19. The number of hydrogen-bond donors (Lipinski definition) is 2. The Morgan fingerprint density at radius 2 is 2.07 bits per heavy atom. The van der Waals surface area contributed by atoms with Crippen molar-refractivity contribution in [2.45, 2.75) is 39.2 Å². The van der Waals surface area contributed by atoms with Crippen LogP contribution in [0.3, 0.4) is 0 Å². The van der Waals surface area contributed by atoms with Crippen LogP contribution in [0.1, 0.15) is 32.3 Å². The molecule has 1 aromatic carbocycles. The second-order valence-electron chi connectivity index (χ2n) is 6.86. The van der Waals surface area contributed by atoms with Crippen molar-refractivity contribution in [1.82, 2.24) is 15.5 Å². The molecule has 27 heavy (non-hydrogen) atoms. The summed E-state index contributed by atoms with van der Waals surface area (Å²) in [6, 6.07) is 5.18. The van der Waals surface area contributed by atoms with Crippen molar-refractivity contribution in [3.63, 3.8) is 0 Å². The molecule has 0 spiro atoms. The highest BCUT2D eigenvalue weighted by Crippen LogP contribution is 2.19. The van der Waals surface area contributed by atoms with E-state index in [4.69, 9.17) is 11.6 Å². The van der Waals surface area contributed by atoms with Crippen molar-refractivity contribution in [2.75, 3.05) is 32.7 Å². The molecule has 0 bridgehead atoms. The van der Waals surface area contributed by atoms with Crippen LogP contribution in [0.15, 0.2) is 35.3 Å². The Hall–Kier alpha value is -0.860. The summed E-state index contributed by atoms with van der Waals surface area (Å²) in [5.41, 5.74) is 1.74. The van der Waals surface area contributed by atoms with Gasteiger partial charge in [0.25, 0.3) is 0 Å². The minimum absolute atomic E-state index is 0. The van der Waals surface area contributed by atoms with E-state index >= 15 is 0 Å². The third-order valence-electron chi connectivity index (χ3n) is 4.46. The van der Waals surface area contributed by atoms with Gasteiger partial charge in [0, 0.05) is 49.4 Å². The highest BCUT2D eigenvalue weighted by molar-refractivity contribution is 14.0. The molecule has 0 radical (unpaired) electrons. The summed E-state index contributed by atoms with van der Waals surface area (Å²) in [6.07, 6.45) is 2.65. The van der Waals surface area contributed by atoms with Crippen molar-refractivity contribution in [1.29, 1.82) is 0 Å². The average molecular weight is 509 g/mol. The van der Waals surface area contributed by atoms with E-state index in [2.05, 4.69) is 34.0 Å². The van der Waals surface area contributed by atoms with Crippen LogP contribution in [0.4, 0.5) is 4.39 Å². The molecule has 1 aliphatic heterocycles. The maximum atomic E-state index is 13.8. The number of rotatable bonds is 7. The molecule has 1 aliphatic rings. The first-order valence-electron chi connectivity index (χ1n) is 9.34. The van der Waals surface area contributed by atoms with Crippen LogP contribution in [0.5, 0.6) is 0 Å². The zero-order chi connectivity index (χ0) is 18.9. The summed E-state index contributed by atoms with van der Waals surface area (Å²) in [4.78, 5) is 7.03. The van der Waals surface area contributed by atoms with E-state index in [1.807, 2.05) is 6.92 Å². The Bertz CT molecular complexity index is 610. The van der Waals surface area contributed by atoms with Gasteiger partial charge in [0.05, 0.1) is 0 Å². The molecule has 1 aromatic rings. The van der Waals surface area contributed by atoms with Gasteiger partial charge in [-0.15, -0.1) is 24.0 Å². The first-order chi connectivity index (χ1) is 12.5. The molecule has 2 rings (SSSR count). The van der Waals surface area contributed by atoms with Crippen LogP contribution in [0.2, 0.25) is 5.02 Å². The lowest BCUT2D eigenvalue weighted by atomic mass is 10.0. The van der Waals surface area contributed by atoms with Crippen molar-refractivity contribution < 1.29 is 4.39 Å². The summed E-state index contributed by atoms with van der Waals surface area (Å²) in [6.45, 7) is 12.5. The monoisotopic (exact) mass is 508 g/mol. The van der Waals surface area contributed by atoms with Gasteiger partial charge in [0.1, 0.15) is 5.82 Å². The molecular formula is C20H31ClFIN4. The van der Waals surface area contributed by atoms with Gasteiger partial charge < -0.3 is 10.6 Å². The third-order valence-corrected chi connectivity index (χ3v) is 4.81. The SMILES string of the molecule is C=C(C)CN1CCC(NC(=NCCc2c(F)cccc2Cl)NCC)CC1.I. The summed E-state index contributed by atoms with van der Waals surface area (Å²) < 4.78 is 13.8. The van der Waals surface area contributed by atoms with E-state index in [-0.39, 0.29) is 29.8 Å². The molecule has 2 N–H and O–H groups in total. The lowest BCUT2D eigenvalue weighted by molar-refractivity contribution is 0.221. The fraction of sp³-hybridized carbons (Fsp3) is 0.550. The van der Waals surface area contributed by atoms with Crippen molar-refractivity contribution in [3.05, 3.63) is 46.8 Å². The van der Waals surface area contributed by atoms with Gasteiger partial charge in [-0.2, -0.15) is 0 Å². The Morgan fingerprint density at radius 1 is 1.37 bits per heavy atom. The van der Waals surface area contributed by atoms with E-state index < -0.39 is 0 Å². The zero-order valence-corrected chi connectivity index (χ0v) is 19.3. The van der Waals surface area contributed by atoms with E-state index in [0.717, 1.165) is 45.0 Å². The largest absolute Gasteiger partial charge is 0.357 e. The number of likely N-dealkylation sites (tertiary alicyclic amines) is 1. The van der Waals surface area contributed by atoms with Crippen molar-refractivity contribution in [2.24, 2.45) is 4.99 Å². The summed E-state index contributed by atoms with van der Waals surface area (Å²) in [5.74, 6) is 0.522. The van der Waals surface area contributed by atoms with E-state index in [9.17, 15) is 4.39 Å². The standard InChI is InChI=1S/C20H30ClFN4.HI/c1-4-23-20(24-11-8-17-18(21)6-5-7-19(17)22)25-16-9-12-26(13-10-16)14-15(2)3;/h5-7,16H,2,4,8-14H2,1,3H3,(H2,23,24,25);1H. The molecule has 152 valence electrons. The molecule has 1 saturated heterocycles. The maximum absolute atomic E-state index is 13.8. The molecule has 0 amide bonds. The molecule has 1 heterocycles. The third kappa shape index (κ3) is 8.35. The van der Waals surface area contributed by atoms with E-state index in [1.54, 1.807) is 12.1 Å². The number of guanidine groups is 1. The number of nitrogens with one attached hydrogen (secondary N) is 2. The van der Waals surface area contributed by atoms with Gasteiger partial charge in [0.2, 0.25) is 0 Å². The van der Waals surface area contributed by atoms with Crippen LogP contribution < -0.4 is 10.6 Å². The number of aliphatic imine (C=N–C) groups is 1. The Kier molecular flexibility index (Phi) is 11.3. The number of piperidine rings is 1. The van der Waals surface area contributed by atoms with Gasteiger partial charge in [-0.3, -0.25) is 9.89 Å². The first-order valence-corrected chi connectivity index (χ1v) is 9.71. The predicted octanol–water partition coefficient (Wildman–Crippen LogP) is 4.24. The predicted molar refractivity (Wildman–Crippen MR) is 124 cm³/mol. The first kappa shape index (κ1) is 24.2. The van der Waals surface area contributed by atoms with Crippen molar-refractivity contribution in [3.8, 4) is 0 Å². The Balaban J connectivity index is 0.00000364. The van der Waals surface area contributed by atoms with Crippen LogP contribution in [0, 0.1) is 5.82 Å². The van der Waals surface area contributed by atoms with Crippen LogP contribution in [-0.4, -0.2) is 49.6 Å². The maximum Gasteiger partial charge on any atom is 0.191 e. The second-order valence-corrected chi connectivity index (χ2v) is 7.27. The van der Waals surface area contributed by atoms with Crippen LogP contribution in [0.25, 0.3) is 0 Å². The molecule has 0 unspecified atom stereocenters. The number of hydrogen-bond acceptors (Lipinski definition) is 2. The minimum Gasteiger partial charge on any atom is -0.357 e. The minimum atomic E-state index is -0.268. The van der Waals surface area contributed by atoms with Gasteiger partial charge in [0.15, 0.2) is 5.96 Å². The van der Waals surface area contributed by atoms with Crippen LogP contribution >= 0.6 is 35.6 Å². The molecule has 7 heteroatoms. The molecular weight excluding hydrogens is 478 g/mol. The number of halogens is 3. The number of nitrogens with zero attached hydrogens (tertiary/aromatic N) is 2. The lowest BCUT2D eigenvalue weighted by Crippen LogP contribution is -2.49. The molecule has 0 aliphatic carbocycles. The molecule has 0 atom stereocenters. The summed E-state index contributed by atoms with van der Waals surface area (Å²) >= 11 is 6.08. The second kappa shape index (κ2) is 12.6. The van der Waals surface area contributed by atoms with E-state index in [0.29, 0.717) is 29.6 Å². The van der Waals surface area contributed by atoms with Gasteiger partial charge in [-0.25, -0.2) is 4.39 Å². The van der Waals surface area contributed by atoms with Gasteiger partial charge in [-0.05, 0) is 45.2 Å². The Morgan fingerprint density at radius 3 is 2.67 bits per heavy atom. The molecule has 1 fully saturated rings. The average Bonchev–Trinajstić information content (AvgIpc) is 2.59. The molecule has 4 nitrogen and oxygen atoms in total. The van der Waals surface area contributed by atoms with Gasteiger partial charge >= 0.3 is 0 Å². The van der Waals surface area contributed by atoms with Gasteiger partial charge in [-0.1, -0.05) is 29.8 Å². The zero-order valence-electron chi connectivity index (χ0n) is 16.2. The van der Waals surface area contributed by atoms with E-state index in [1.165, 1.54) is 11.6 Å². The highest BCUT2D eigenvalue weighted by atomic mass is 127. The fourth-order valence-electron chi connectivity index (χ4n) is 3.18. The number of benzene rings is 1. The Labute approximate surface area is 184 Å². The smallest absolute Gasteiger partial charge is 0.191 e. The lowest BCUT2D eigenvalue weighted by Gasteiger charge is -2.33. The van der Waals surface area contributed by atoms with Crippen molar-refractivity contribution >= 4 is 41.5 Å². The quantitative estimate of drug-likeness (QED) is 0.251. The normalized spacial score (nSPS) is 15.9. The fourth-order valence-corrected chi connectivity index (χ4v) is 3.44. The van der Waals surface area contributed by atoms with Crippen LogP contribution in [-0.2, 0) is 6.42 Å². The topological polar surface area (TPSA) is 39.7 Å². The molecule has 0 saturated carbocycles. The summed E-state index contributed by atoms with van der Waals surface area (Å²) in [7, 11) is 0. The summed E-state index contributed by atoms with van der Waals surface area (Å²) in [5, 5.41) is 7.24. The molecule has 0 aromatic heterocycles.